The molecule has 0 aromatic carbocycles. The van der Waals surface area contributed by atoms with Gasteiger partial charge in [-0.2, -0.15) is 0 Å². The summed E-state index contributed by atoms with van der Waals surface area (Å²) in [6.45, 7) is 1.96. The van der Waals surface area contributed by atoms with Gasteiger partial charge in [0.05, 0.1) is 0 Å². The lowest BCUT2D eigenvalue weighted by molar-refractivity contribution is -0.131. The summed E-state index contributed by atoms with van der Waals surface area (Å²) in [6.07, 6.45) is 3.64. The molecule has 0 saturated carbocycles. The molecule has 1 aliphatic rings. The molecule has 2 heterocycles. The number of hydrogen-bond acceptors (Lipinski definition) is 4. The van der Waals surface area contributed by atoms with E-state index in [1.807, 2.05) is 4.90 Å². The normalized spacial score (nSPS) is 14.9. The molecule has 1 aromatic heterocycles. The first-order valence-corrected chi connectivity index (χ1v) is 7.10. The summed E-state index contributed by atoms with van der Waals surface area (Å²) in [5.41, 5.74) is 0.194. The molecule has 1 aromatic rings. The first-order chi connectivity index (χ1) is 9.66. The molecule has 20 heavy (non-hydrogen) atoms. The van der Waals surface area contributed by atoms with E-state index in [4.69, 9.17) is 11.6 Å². The van der Waals surface area contributed by atoms with Crippen LogP contribution in [0.15, 0.2) is 12.1 Å². The fourth-order valence-electron chi connectivity index (χ4n) is 2.11. The van der Waals surface area contributed by atoms with E-state index in [0.29, 0.717) is 13.0 Å². The molecule has 7 heteroatoms. The lowest BCUT2D eigenvalue weighted by atomic mass is 10.1. The number of piperidine rings is 1. The number of rotatable bonds is 4. The molecule has 0 atom stereocenters. The summed E-state index contributed by atoms with van der Waals surface area (Å²) in [4.78, 5) is 25.5. The standard InChI is InChI=1S/C13H17ClN4O2/c14-11-5-4-10(16-17-11)13(20)15-7-6-12(19)18-8-2-1-3-9-18/h4-5H,1-3,6-9H2,(H,15,20). The lowest BCUT2D eigenvalue weighted by Crippen LogP contribution is -2.37. The van der Waals surface area contributed by atoms with Gasteiger partial charge >= 0.3 is 0 Å². The molecule has 0 unspecified atom stereocenters. The van der Waals surface area contributed by atoms with Crippen molar-refractivity contribution in [2.24, 2.45) is 0 Å². The van der Waals surface area contributed by atoms with Crippen LogP contribution in [0.5, 0.6) is 0 Å². The number of carbonyl (C=O) groups excluding carboxylic acids is 2. The lowest BCUT2D eigenvalue weighted by Gasteiger charge is -2.26. The Labute approximate surface area is 122 Å². The van der Waals surface area contributed by atoms with Crippen LogP contribution in [0.1, 0.15) is 36.2 Å². The van der Waals surface area contributed by atoms with Crippen LogP contribution in [0.2, 0.25) is 5.15 Å². The maximum atomic E-state index is 11.9. The highest BCUT2D eigenvalue weighted by molar-refractivity contribution is 6.29. The van der Waals surface area contributed by atoms with E-state index in [-0.39, 0.29) is 22.7 Å². The third kappa shape index (κ3) is 4.16. The smallest absolute Gasteiger partial charge is 0.271 e. The van der Waals surface area contributed by atoms with Crippen LogP contribution in [0.4, 0.5) is 0 Å². The fraction of sp³-hybridized carbons (Fsp3) is 0.538. The Bertz CT molecular complexity index is 472. The first-order valence-electron chi connectivity index (χ1n) is 6.72. The zero-order valence-electron chi connectivity index (χ0n) is 11.1. The third-order valence-corrected chi connectivity index (χ3v) is 3.40. The maximum Gasteiger partial charge on any atom is 0.271 e. The second-order valence-electron chi connectivity index (χ2n) is 4.69. The molecule has 1 N–H and O–H groups in total. The van der Waals surface area contributed by atoms with Gasteiger partial charge in [0.1, 0.15) is 0 Å². The van der Waals surface area contributed by atoms with E-state index in [0.717, 1.165) is 25.9 Å². The Morgan fingerprint density at radius 1 is 1.20 bits per heavy atom. The largest absolute Gasteiger partial charge is 0.350 e. The van der Waals surface area contributed by atoms with Gasteiger partial charge in [0.25, 0.3) is 5.91 Å². The molecule has 2 amide bonds. The van der Waals surface area contributed by atoms with Gasteiger partial charge in [-0.05, 0) is 31.4 Å². The molecule has 108 valence electrons. The Morgan fingerprint density at radius 3 is 2.60 bits per heavy atom. The summed E-state index contributed by atoms with van der Waals surface area (Å²) < 4.78 is 0. The highest BCUT2D eigenvalue weighted by atomic mass is 35.5. The van der Waals surface area contributed by atoms with E-state index in [1.165, 1.54) is 18.6 Å². The zero-order valence-corrected chi connectivity index (χ0v) is 11.9. The highest BCUT2D eigenvalue weighted by Gasteiger charge is 2.16. The van der Waals surface area contributed by atoms with Gasteiger partial charge in [0, 0.05) is 26.1 Å². The zero-order chi connectivity index (χ0) is 14.4. The number of aromatic nitrogens is 2. The predicted molar refractivity (Wildman–Crippen MR) is 74.4 cm³/mol. The van der Waals surface area contributed by atoms with Crippen LogP contribution in [0, 0.1) is 0 Å². The van der Waals surface area contributed by atoms with E-state index in [9.17, 15) is 9.59 Å². The molecule has 1 fully saturated rings. The number of hydrogen-bond donors (Lipinski definition) is 1. The summed E-state index contributed by atoms with van der Waals surface area (Å²) in [5.74, 6) is -0.257. The van der Waals surface area contributed by atoms with Crippen molar-refractivity contribution in [3.8, 4) is 0 Å². The number of carbonyl (C=O) groups is 2. The topological polar surface area (TPSA) is 75.2 Å². The number of halogens is 1. The summed E-state index contributed by atoms with van der Waals surface area (Å²) >= 11 is 5.59. The molecule has 1 saturated heterocycles. The Morgan fingerprint density at radius 2 is 1.95 bits per heavy atom. The van der Waals surface area contributed by atoms with Crippen LogP contribution in [0.3, 0.4) is 0 Å². The molecular weight excluding hydrogens is 280 g/mol. The fourth-order valence-corrected chi connectivity index (χ4v) is 2.21. The van der Waals surface area contributed by atoms with Crippen molar-refractivity contribution >= 4 is 23.4 Å². The van der Waals surface area contributed by atoms with Crippen molar-refractivity contribution in [3.63, 3.8) is 0 Å². The van der Waals surface area contributed by atoms with E-state index < -0.39 is 0 Å². The van der Waals surface area contributed by atoms with E-state index >= 15 is 0 Å². The van der Waals surface area contributed by atoms with Crippen LogP contribution >= 0.6 is 11.6 Å². The van der Waals surface area contributed by atoms with Crippen molar-refractivity contribution < 1.29 is 9.59 Å². The average Bonchev–Trinajstić information content (AvgIpc) is 2.48. The maximum absolute atomic E-state index is 11.9. The van der Waals surface area contributed by atoms with Crippen molar-refractivity contribution in [3.05, 3.63) is 23.0 Å². The van der Waals surface area contributed by atoms with Gasteiger partial charge in [-0.3, -0.25) is 9.59 Å². The number of nitrogens with one attached hydrogen (secondary N) is 1. The minimum atomic E-state index is -0.347. The Hall–Kier alpha value is -1.69. The second-order valence-corrected chi connectivity index (χ2v) is 5.08. The van der Waals surface area contributed by atoms with Crippen LogP contribution in [-0.4, -0.2) is 46.5 Å². The average molecular weight is 297 g/mol. The van der Waals surface area contributed by atoms with Gasteiger partial charge in [-0.25, -0.2) is 0 Å². The number of likely N-dealkylation sites (tertiary alicyclic amines) is 1. The monoisotopic (exact) mass is 296 g/mol. The van der Waals surface area contributed by atoms with Crippen LogP contribution in [0.25, 0.3) is 0 Å². The summed E-state index contributed by atoms with van der Waals surface area (Å²) in [7, 11) is 0. The van der Waals surface area contributed by atoms with Crippen LogP contribution < -0.4 is 5.32 Å². The van der Waals surface area contributed by atoms with Gasteiger partial charge < -0.3 is 10.2 Å². The quantitative estimate of drug-likeness (QED) is 0.908. The van der Waals surface area contributed by atoms with E-state index in [2.05, 4.69) is 15.5 Å². The van der Waals surface area contributed by atoms with Crippen molar-refractivity contribution in [1.82, 2.24) is 20.4 Å². The van der Waals surface area contributed by atoms with Crippen molar-refractivity contribution in [2.45, 2.75) is 25.7 Å². The molecule has 0 spiro atoms. The third-order valence-electron chi connectivity index (χ3n) is 3.20. The van der Waals surface area contributed by atoms with Gasteiger partial charge in [0.15, 0.2) is 10.8 Å². The molecule has 6 nitrogen and oxygen atoms in total. The van der Waals surface area contributed by atoms with Gasteiger partial charge in [-0.1, -0.05) is 11.6 Å². The van der Waals surface area contributed by atoms with Crippen LogP contribution in [-0.2, 0) is 4.79 Å². The second kappa shape index (κ2) is 7.19. The van der Waals surface area contributed by atoms with Gasteiger partial charge in [0.2, 0.25) is 5.91 Å². The molecule has 1 aliphatic heterocycles. The Kier molecular flexibility index (Phi) is 5.29. The Balaban J connectivity index is 1.73. The molecular formula is C13H17ClN4O2. The molecule has 0 aliphatic carbocycles. The van der Waals surface area contributed by atoms with Crippen molar-refractivity contribution in [2.75, 3.05) is 19.6 Å². The molecule has 0 radical (unpaired) electrons. The molecule has 0 bridgehead atoms. The van der Waals surface area contributed by atoms with Gasteiger partial charge in [-0.15, -0.1) is 10.2 Å². The SMILES string of the molecule is O=C(NCCC(=O)N1CCCCC1)c1ccc(Cl)nn1. The number of amides is 2. The highest BCUT2D eigenvalue weighted by Crippen LogP contribution is 2.09. The predicted octanol–water partition coefficient (Wildman–Crippen LogP) is 1.26. The summed E-state index contributed by atoms with van der Waals surface area (Å²) in [6, 6.07) is 3.00. The molecule has 2 rings (SSSR count). The number of nitrogens with zero attached hydrogens (tertiary/aromatic N) is 3. The summed E-state index contributed by atoms with van der Waals surface area (Å²) in [5, 5.41) is 10.2. The minimum absolute atomic E-state index is 0.0900. The van der Waals surface area contributed by atoms with E-state index in [1.54, 1.807) is 0 Å². The minimum Gasteiger partial charge on any atom is -0.350 e. The van der Waals surface area contributed by atoms with Crippen molar-refractivity contribution in [1.29, 1.82) is 0 Å². The first kappa shape index (κ1) is 14.7.